The first-order chi connectivity index (χ1) is 6.42. The molecule has 0 unspecified atom stereocenters. The molecule has 0 fully saturated rings. The Morgan fingerprint density at radius 2 is 1.79 bits per heavy atom. The number of aliphatic hydroxyl groups excluding tert-OH is 1. The number of rotatable bonds is 7. The summed E-state index contributed by atoms with van der Waals surface area (Å²) in [6.07, 6.45) is 3.34. The number of carbonyl (C=O) groups is 1. The summed E-state index contributed by atoms with van der Waals surface area (Å²) in [6.45, 7) is 8.46. The van der Waals surface area contributed by atoms with E-state index in [2.05, 4.69) is 13.8 Å². The van der Waals surface area contributed by atoms with E-state index in [9.17, 15) is 4.79 Å². The van der Waals surface area contributed by atoms with Crippen LogP contribution in [0.5, 0.6) is 0 Å². The number of ketones is 1. The van der Waals surface area contributed by atoms with Crippen LogP contribution in [0.3, 0.4) is 0 Å². The summed E-state index contributed by atoms with van der Waals surface area (Å²) in [6, 6.07) is 0. The molecule has 0 spiro atoms. The smallest absolute Gasteiger partial charge is 0.138 e. The zero-order valence-electron chi connectivity index (χ0n) is 9.97. The lowest BCUT2D eigenvalue weighted by molar-refractivity contribution is -0.129. The Hall–Kier alpha value is -0.370. The van der Waals surface area contributed by atoms with Crippen molar-refractivity contribution in [2.75, 3.05) is 6.61 Å². The average molecular weight is 200 g/mol. The minimum Gasteiger partial charge on any atom is -0.396 e. The number of hydrogen-bond acceptors (Lipinski definition) is 2. The molecule has 0 aliphatic heterocycles. The van der Waals surface area contributed by atoms with Crippen LogP contribution in [0.2, 0.25) is 0 Å². The first-order valence-electron chi connectivity index (χ1n) is 5.57. The molecule has 0 radical (unpaired) electrons. The largest absolute Gasteiger partial charge is 0.396 e. The lowest BCUT2D eigenvalue weighted by Gasteiger charge is -2.27. The summed E-state index contributed by atoms with van der Waals surface area (Å²) in [5.74, 6) is 0.748. The Morgan fingerprint density at radius 3 is 2.21 bits per heavy atom. The Kier molecular flexibility index (Phi) is 6.01. The minimum absolute atomic E-state index is 0.195. The van der Waals surface area contributed by atoms with Gasteiger partial charge in [-0.2, -0.15) is 0 Å². The first-order valence-corrected chi connectivity index (χ1v) is 5.57. The van der Waals surface area contributed by atoms with Crippen LogP contribution in [-0.2, 0) is 4.79 Å². The van der Waals surface area contributed by atoms with E-state index in [4.69, 9.17) is 5.11 Å². The summed E-state index contributed by atoms with van der Waals surface area (Å²) in [7, 11) is 0. The van der Waals surface area contributed by atoms with Gasteiger partial charge < -0.3 is 5.11 Å². The summed E-state index contributed by atoms with van der Waals surface area (Å²) >= 11 is 0. The normalized spacial score (nSPS) is 12.1. The lowest BCUT2D eigenvalue weighted by atomic mass is 9.76. The second-order valence-corrected chi connectivity index (χ2v) is 4.83. The Morgan fingerprint density at radius 1 is 1.21 bits per heavy atom. The fourth-order valence-electron chi connectivity index (χ4n) is 1.22. The average Bonchev–Trinajstić information content (AvgIpc) is 2.11. The molecule has 0 amide bonds. The molecule has 0 aromatic heterocycles. The van der Waals surface area contributed by atoms with Crippen LogP contribution >= 0.6 is 0 Å². The van der Waals surface area contributed by atoms with Crippen molar-refractivity contribution >= 4 is 5.78 Å². The summed E-state index contributed by atoms with van der Waals surface area (Å²) in [5.41, 5.74) is -0.195. The monoisotopic (exact) mass is 200 g/mol. The SMILES string of the molecule is CC(C)C(C)(C)C(=O)CCCCCO. The number of Topliss-reactive ketones (excluding diaryl/α,β-unsaturated/α-hetero) is 1. The van der Waals surface area contributed by atoms with Gasteiger partial charge in [-0.3, -0.25) is 4.79 Å². The van der Waals surface area contributed by atoms with Crippen molar-refractivity contribution in [2.45, 2.75) is 53.4 Å². The topological polar surface area (TPSA) is 37.3 Å². The highest BCUT2D eigenvalue weighted by atomic mass is 16.2. The molecular weight excluding hydrogens is 176 g/mol. The van der Waals surface area contributed by atoms with Gasteiger partial charge in [0.1, 0.15) is 5.78 Å². The van der Waals surface area contributed by atoms with Gasteiger partial charge in [-0.1, -0.05) is 34.1 Å². The van der Waals surface area contributed by atoms with Crippen LogP contribution in [-0.4, -0.2) is 17.5 Å². The third-order valence-corrected chi connectivity index (χ3v) is 3.22. The van der Waals surface area contributed by atoms with Gasteiger partial charge in [0.15, 0.2) is 0 Å². The van der Waals surface area contributed by atoms with Gasteiger partial charge in [-0.25, -0.2) is 0 Å². The van der Waals surface area contributed by atoms with Crippen LogP contribution in [0.15, 0.2) is 0 Å². The summed E-state index contributed by atoms with van der Waals surface area (Å²) in [4.78, 5) is 11.8. The van der Waals surface area contributed by atoms with Crippen molar-refractivity contribution in [3.8, 4) is 0 Å². The van der Waals surface area contributed by atoms with Crippen molar-refractivity contribution in [1.82, 2.24) is 0 Å². The van der Waals surface area contributed by atoms with E-state index in [-0.39, 0.29) is 12.0 Å². The lowest BCUT2D eigenvalue weighted by Crippen LogP contribution is -2.29. The molecule has 0 atom stereocenters. The van der Waals surface area contributed by atoms with Crippen LogP contribution < -0.4 is 0 Å². The maximum Gasteiger partial charge on any atom is 0.138 e. The Labute approximate surface area is 87.7 Å². The zero-order valence-corrected chi connectivity index (χ0v) is 9.97. The number of aliphatic hydroxyl groups is 1. The van der Waals surface area contributed by atoms with E-state index in [1.54, 1.807) is 0 Å². The van der Waals surface area contributed by atoms with E-state index in [1.165, 1.54) is 0 Å². The third kappa shape index (κ3) is 4.23. The molecule has 14 heavy (non-hydrogen) atoms. The molecule has 0 aliphatic carbocycles. The van der Waals surface area contributed by atoms with Gasteiger partial charge in [-0.15, -0.1) is 0 Å². The molecule has 0 rings (SSSR count). The summed E-state index contributed by atoms with van der Waals surface area (Å²) in [5, 5.41) is 8.59. The molecule has 0 aromatic rings. The highest BCUT2D eigenvalue weighted by Crippen LogP contribution is 2.29. The Balaban J connectivity index is 3.84. The fraction of sp³-hybridized carbons (Fsp3) is 0.917. The number of unbranched alkanes of at least 4 members (excludes halogenated alkanes) is 2. The maximum absolute atomic E-state index is 11.8. The molecule has 1 N–H and O–H groups in total. The first kappa shape index (κ1) is 13.6. The van der Waals surface area contributed by atoms with Gasteiger partial charge in [0.05, 0.1) is 0 Å². The molecule has 0 bridgehead atoms. The Bertz CT molecular complexity index is 171. The second-order valence-electron chi connectivity index (χ2n) is 4.83. The van der Waals surface area contributed by atoms with Crippen molar-refractivity contribution < 1.29 is 9.90 Å². The van der Waals surface area contributed by atoms with Crippen LogP contribution in [0, 0.1) is 11.3 Å². The molecule has 0 saturated heterocycles. The molecule has 84 valence electrons. The minimum atomic E-state index is -0.195. The molecule has 0 saturated carbocycles. The van der Waals surface area contributed by atoms with Gasteiger partial charge in [-0.05, 0) is 18.8 Å². The van der Waals surface area contributed by atoms with Gasteiger partial charge in [0, 0.05) is 18.4 Å². The van der Waals surface area contributed by atoms with Crippen molar-refractivity contribution in [1.29, 1.82) is 0 Å². The van der Waals surface area contributed by atoms with Gasteiger partial charge in [0.2, 0.25) is 0 Å². The van der Waals surface area contributed by atoms with E-state index in [0.717, 1.165) is 19.3 Å². The summed E-state index contributed by atoms with van der Waals surface area (Å²) < 4.78 is 0. The van der Waals surface area contributed by atoms with E-state index < -0.39 is 0 Å². The highest BCUT2D eigenvalue weighted by molar-refractivity contribution is 5.84. The second kappa shape index (κ2) is 6.18. The number of hydrogen-bond donors (Lipinski definition) is 1. The van der Waals surface area contributed by atoms with E-state index in [0.29, 0.717) is 18.1 Å². The standard InChI is InChI=1S/C12H24O2/c1-10(2)12(3,4)11(14)8-6-5-7-9-13/h10,13H,5-9H2,1-4H3. The van der Waals surface area contributed by atoms with E-state index in [1.807, 2.05) is 13.8 Å². The maximum atomic E-state index is 11.8. The number of carbonyl (C=O) groups excluding carboxylic acids is 1. The van der Waals surface area contributed by atoms with Crippen molar-refractivity contribution in [3.63, 3.8) is 0 Å². The van der Waals surface area contributed by atoms with Crippen LogP contribution in [0.4, 0.5) is 0 Å². The molecule has 0 aliphatic rings. The fourth-order valence-corrected chi connectivity index (χ4v) is 1.22. The molecule has 2 heteroatoms. The van der Waals surface area contributed by atoms with Crippen LogP contribution in [0.25, 0.3) is 0 Å². The van der Waals surface area contributed by atoms with Crippen LogP contribution in [0.1, 0.15) is 53.4 Å². The van der Waals surface area contributed by atoms with E-state index >= 15 is 0 Å². The van der Waals surface area contributed by atoms with Crippen molar-refractivity contribution in [3.05, 3.63) is 0 Å². The predicted octanol–water partition coefficient (Wildman–Crippen LogP) is 2.79. The van der Waals surface area contributed by atoms with Gasteiger partial charge >= 0.3 is 0 Å². The van der Waals surface area contributed by atoms with Gasteiger partial charge in [0.25, 0.3) is 0 Å². The highest BCUT2D eigenvalue weighted by Gasteiger charge is 2.29. The third-order valence-electron chi connectivity index (χ3n) is 3.22. The zero-order chi connectivity index (χ0) is 11.2. The quantitative estimate of drug-likeness (QED) is 0.642. The predicted molar refractivity (Wildman–Crippen MR) is 59.2 cm³/mol. The molecular formula is C12H24O2. The molecule has 2 nitrogen and oxygen atoms in total. The van der Waals surface area contributed by atoms with Crippen molar-refractivity contribution in [2.24, 2.45) is 11.3 Å². The molecule has 0 heterocycles. The molecule has 0 aromatic carbocycles.